The van der Waals surface area contributed by atoms with Crippen molar-refractivity contribution in [2.75, 3.05) is 0 Å². The SMILES string of the molecule is N#C[C@@H](Cc1c(F)cccc1F)C(=O)O. The fourth-order valence-electron chi connectivity index (χ4n) is 1.12. The summed E-state index contributed by atoms with van der Waals surface area (Å²) in [6.07, 6.45) is -0.468. The average molecular weight is 211 g/mol. The number of carboxylic acid groups (broad SMARTS) is 1. The van der Waals surface area contributed by atoms with Gasteiger partial charge >= 0.3 is 5.97 Å². The van der Waals surface area contributed by atoms with Gasteiger partial charge in [-0.3, -0.25) is 4.79 Å². The Kier molecular flexibility index (Phi) is 3.34. The standard InChI is InChI=1S/C10H7F2NO2/c11-8-2-1-3-9(12)7(8)4-6(5-13)10(14)15/h1-3,6H,4H2,(H,14,15)/t6-/m1/s1. The molecule has 0 radical (unpaired) electrons. The van der Waals surface area contributed by atoms with Gasteiger partial charge in [-0.15, -0.1) is 0 Å². The van der Waals surface area contributed by atoms with Gasteiger partial charge in [0.15, 0.2) is 0 Å². The van der Waals surface area contributed by atoms with Crippen molar-refractivity contribution in [3.05, 3.63) is 35.4 Å². The maximum Gasteiger partial charge on any atom is 0.321 e. The van der Waals surface area contributed by atoms with Crippen LogP contribution in [0.5, 0.6) is 0 Å². The smallest absolute Gasteiger partial charge is 0.321 e. The molecule has 0 aliphatic heterocycles. The van der Waals surface area contributed by atoms with Gasteiger partial charge in [0.2, 0.25) is 0 Å². The molecule has 0 saturated heterocycles. The number of hydrogen-bond donors (Lipinski definition) is 1. The Morgan fingerprint density at radius 3 is 2.40 bits per heavy atom. The number of nitriles is 1. The normalized spacial score (nSPS) is 11.8. The molecular formula is C10H7F2NO2. The van der Waals surface area contributed by atoms with Crippen molar-refractivity contribution in [3.63, 3.8) is 0 Å². The third-order valence-corrected chi connectivity index (χ3v) is 1.92. The molecule has 1 N–H and O–H groups in total. The van der Waals surface area contributed by atoms with Gasteiger partial charge in [0.05, 0.1) is 6.07 Å². The van der Waals surface area contributed by atoms with Gasteiger partial charge < -0.3 is 5.11 Å². The molecule has 0 aliphatic carbocycles. The lowest BCUT2D eigenvalue weighted by Gasteiger charge is -2.06. The van der Waals surface area contributed by atoms with Gasteiger partial charge in [-0.25, -0.2) is 8.78 Å². The molecule has 0 aromatic heterocycles. The molecule has 3 nitrogen and oxygen atoms in total. The van der Waals surface area contributed by atoms with Crippen LogP contribution in [0.2, 0.25) is 0 Å². The van der Waals surface area contributed by atoms with Gasteiger partial charge in [0.1, 0.15) is 17.6 Å². The van der Waals surface area contributed by atoms with E-state index in [2.05, 4.69) is 0 Å². The number of nitrogens with zero attached hydrogens (tertiary/aromatic N) is 1. The number of halogens is 2. The Morgan fingerprint density at radius 2 is 2.00 bits per heavy atom. The Balaban J connectivity index is 2.99. The number of aliphatic carboxylic acids is 1. The summed E-state index contributed by atoms with van der Waals surface area (Å²) in [6, 6.07) is 4.69. The molecule has 1 atom stereocenters. The minimum Gasteiger partial charge on any atom is -0.480 e. The Bertz CT molecular complexity index is 406. The van der Waals surface area contributed by atoms with Gasteiger partial charge in [-0.2, -0.15) is 5.26 Å². The van der Waals surface area contributed by atoms with E-state index in [0.29, 0.717) is 0 Å². The first kappa shape index (κ1) is 11.1. The van der Waals surface area contributed by atoms with E-state index in [1.807, 2.05) is 0 Å². The highest BCUT2D eigenvalue weighted by atomic mass is 19.1. The molecule has 1 aromatic rings. The zero-order chi connectivity index (χ0) is 11.4. The Morgan fingerprint density at radius 1 is 1.47 bits per heavy atom. The van der Waals surface area contributed by atoms with Crippen molar-refractivity contribution in [2.24, 2.45) is 5.92 Å². The molecule has 0 bridgehead atoms. The van der Waals surface area contributed by atoms with Crippen LogP contribution in [0.3, 0.4) is 0 Å². The molecule has 1 aromatic carbocycles. The second kappa shape index (κ2) is 4.51. The van der Waals surface area contributed by atoms with Crippen LogP contribution in [0.15, 0.2) is 18.2 Å². The van der Waals surface area contributed by atoms with Crippen molar-refractivity contribution in [3.8, 4) is 6.07 Å². The molecule has 0 saturated carbocycles. The number of hydrogen-bond acceptors (Lipinski definition) is 2. The van der Waals surface area contributed by atoms with Crippen molar-refractivity contribution < 1.29 is 18.7 Å². The molecule has 0 fully saturated rings. The first-order valence-electron chi connectivity index (χ1n) is 4.11. The van der Waals surface area contributed by atoms with Crippen LogP contribution in [-0.4, -0.2) is 11.1 Å². The lowest BCUT2D eigenvalue weighted by atomic mass is 10.00. The highest BCUT2D eigenvalue weighted by Crippen LogP contribution is 2.16. The van der Waals surface area contributed by atoms with Crippen LogP contribution >= 0.6 is 0 Å². The van der Waals surface area contributed by atoms with E-state index in [0.717, 1.165) is 12.1 Å². The van der Waals surface area contributed by atoms with Gasteiger partial charge in [-0.1, -0.05) is 6.07 Å². The topological polar surface area (TPSA) is 61.1 Å². The van der Waals surface area contributed by atoms with Crippen LogP contribution in [-0.2, 0) is 11.2 Å². The Hall–Kier alpha value is -1.96. The van der Waals surface area contributed by atoms with E-state index in [1.54, 1.807) is 0 Å². The van der Waals surface area contributed by atoms with E-state index in [4.69, 9.17) is 10.4 Å². The van der Waals surface area contributed by atoms with Gasteiger partial charge in [0, 0.05) is 12.0 Å². The zero-order valence-electron chi connectivity index (χ0n) is 7.58. The van der Waals surface area contributed by atoms with E-state index >= 15 is 0 Å². The summed E-state index contributed by atoms with van der Waals surface area (Å²) in [6.45, 7) is 0. The minimum absolute atomic E-state index is 0.369. The fourth-order valence-corrected chi connectivity index (χ4v) is 1.12. The highest BCUT2D eigenvalue weighted by Gasteiger charge is 2.21. The van der Waals surface area contributed by atoms with E-state index in [-0.39, 0.29) is 5.56 Å². The summed E-state index contributed by atoms with van der Waals surface area (Å²) < 4.78 is 26.1. The largest absolute Gasteiger partial charge is 0.480 e. The van der Waals surface area contributed by atoms with E-state index in [9.17, 15) is 13.6 Å². The molecule has 15 heavy (non-hydrogen) atoms. The average Bonchev–Trinajstić information content (AvgIpc) is 2.17. The summed E-state index contributed by atoms with van der Waals surface area (Å²) in [5.74, 6) is -4.50. The predicted octanol–water partition coefficient (Wildman–Crippen LogP) is 1.73. The van der Waals surface area contributed by atoms with Crippen LogP contribution in [0, 0.1) is 28.9 Å². The number of rotatable bonds is 3. The lowest BCUT2D eigenvalue weighted by molar-refractivity contribution is -0.139. The van der Waals surface area contributed by atoms with Crippen LogP contribution in [0.4, 0.5) is 8.78 Å². The van der Waals surface area contributed by atoms with Crippen LogP contribution in [0.25, 0.3) is 0 Å². The molecule has 1 rings (SSSR count). The molecular weight excluding hydrogens is 204 g/mol. The number of carboxylic acids is 1. The third-order valence-electron chi connectivity index (χ3n) is 1.92. The molecule has 0 unspecified atom stereocenters. The third kappa shape index (κ3) is 2.50. The van der Waals surface area contributed by atoms with E-state index in [1.165, 1.54) is 12.1 Å². The number of benzene rings is 1. The summed E-state index contributed by atoms with van der Waals surface area (Å²) >= 11 is 0. The molecule has 0 heterocycles. The first-order valence-corrected chi connectivity index (χ1v) is 4.11. The molecule has 0 aliphatic rings. The highest BCUT2D eigenvalue weighted by molar-refractivity contribution is 5.73. The maximum atomic E-state index is 13.1. The molecule has 5 heteroatoms. The van der Waals surface area contributed by atoms with E-state index < -0.39 is 29.9 Å². The van der Waals surface area contributed by atoms with Crippen molar-refractivity contribution in [1.82, 2.24) is 0 Å². The summed E-state index contributed by atoms with van der Waals surface area (Å²) in [7, 11) is 0. The van der Waals surface area contributed by atoms with Gasteiger partial charge in [0.25, 0.3) is 0 Å². The quantitative estimate of drug-likeness (QED) is 0.828. The minimum atomic E-state index is -1.43. The van der Waals surface area contributed by atoms with Crippen molar-refractivity contribution in [2.45, 2.75) is 6.42 Å². The zero-order valence-corrected chi connectivity index (χ0v) is 7.58. The monoisotopic (exact) mass is 211 g/mol. The van der Waals surface area contributed by atoms with Crippen LogP contribution < -0.4 is 0 Å². The Labute approximate surface area is 84.6 Å². The molecule has 78 valence electrons. The summed E-state index contributed by atoms with van der Waals surface area (Å²) in [5, 5.41) is 17.0. The van der Waals surface area contributed by atoms with Gasteiger partial charge in [-0.05, 0) is 12.1 Å². The first-order chi connectivity index (χ1) is 7.06. The molecule has 0 spiro atoms. The molecule has 0 amide bonds. The van der Waals surface area contributed by atoms with Crippen LogP contribution in [0.1, 0.15) is 5.56 Å². The fraction of sp³-hybridized carbons (Fsp3) is 0.200. The number of carbonyl (C=O) groups is 1. The second-order valence-electron chi connectivity index (χ2n) is 2.92. The second-order valence-corrected chi connectivity index (χ2v) is 2.92. The maximum absolute atomic E-state index is 13.1. The van der Waals surface area contributed by atoms with Crippen molar-refractivity contribution >= 4 is 5.97 Å². The van der Waals surface area contributed by atoms with Crippen molar-refractivity contribution in [1.29, 1.82) is 5.26 Å². The summed E-state index contributed by atoms with van der Waals surface area (Å²) in [5.41, 5.74) is -0.369. The summed E-state index contributed by atoms with van der Waals surface area (Å²) in [4.78, 5) is 10.5. The predicted molar refractivity (Wildman–Crippen MR) is 46.8 cm³/mol. The lowest BCUT2D eigenvalue weighted by Crippen LogP contribution is -2.15.